The summed E-state index contributed by atoms with van der Waals surface area (Å²) in [6, 6.07) is 17.5. The van der Waals surface area contributed by atoms with E-state index in [1.165, 1.54) is 27.9 Å². The molecule has 2 aromatic carbocycles. The van der Waals surface area contributed by atoms with E-state index < -0.39 is 0 Å². The number of fused-ring (bicyclic) bond motifs is 1. The molecule has 0 aliphatic carbocycles. The second-order valence-corrected chi connectivity index (χ2v) is 5.84. The van der Waals surface area contributed by atoms with Crippen molar-refractivity contribution in [1.82, 2.24) is 15.3 Å². The van der Waals surface area contributed by atoms with Gasteiger partial charge in [0, 0.05) is 18.7 Å². The lowest BCUT2D eigenvalue weighted by Gasteiger charge is -2.24. The molecular formula is C19H19N3. The highest BCUT2D eigenvalue weighted by molar-refractivity contribution is 5.68. The zero-order chi connectivity index (χ0) is 14.9. The number of aromatic nitrogens is 2. The van der Waals surface area contributed by atoms with Gasteiger partial charge in [-0.2, -0.15) is 0 Å². The number of H-pyrrole nitrogens is 1. The minimum atomic E-state index is 0.180. The van der Waals surface area contributed by atoms with E-state index in [4.69, 9.17) is 0 Å². The maximum absolute atomic E-state index is 4.52. The minimum absolute atomic E-state index is 0.180. The van der Waals surface area contributed by atoms with Gasteiger partial charge in [-0.3, -0.25) is 0 Å². The first-order chi connectivity index (χ1) is 10.8. The number of benzene rings is 2. The average molecular weight is 289 g/mol. The zero-order valence-electron chi connectivity index (χ0n) is 12.6. The van der Waals surface area contributed by atoms with E-state index >= 15 is 0 Å². The van der Waals surface area contributed by atoms with Gasteiger partial charge in [-0.1, -0.05) is 42.5 Å². The fourth-order valence-electron chi connectivity index (χ4n) is 3.28. The van der Waals surface area contributed by atoms with Gasteiger partial charge in [-0.15, -0.1) is 0 Å². The summed E-state index contributed by atoms with van der Waals surface area (Å²) in [6.07, 6.45) is 2.82. The number of imidazole rings is 1. The normalized spacial score (nSPS) is 17.2. The third kappa shape index (κ3) is 2.24. The summed E-state index contributed by atoms with van der Waals surface area (Å²) < 4.78 is 0. The van der Waals surface area contributed by atoms with Crippen molar-refractivity contribution in [3.8, 4) is 11.1 Å². The number of nitrogens with one attached hydrogen (secondary N) is 2. The summed E-state index contributed by atoms with van der Waals surface area (Å²) in [4.78, 5) is 7.78. The standard InChI is InChI=1S/C19H19N3/c1-13-5-2-3-8-16(13)14-6-4-7-15(11-14)18-19-17(9-10-20-18)21-12-22-19/h2-8,11-12,18,20H,9-10H2,1H3,(H,21,22)/t18-/m0/s1. The molecule has 2 N–H and O–H groups in total. The van der Waals surface area contributed by atoms with Gasteiger partial charge in [-0.05, 0) is 35.2 Å². The van der Waals surface area contributed by atoms with Crippen LogP contribution in [0.3, 0.4) is 0 Å². The van der Waals surface area contributed by atoms with Gasteiger partial charge in [-0.25, -0.2) is 4.98 Å². The highest BCUT2D eigenvalue weighted by Crippen LogP contribution is 2.30. The molecule has 0 fully saturated rings. The highest BCUT2D eigenvalue weighted by atomic mass is 15.0. The van der Waals surface area contributed by atoms with Crippen molar-refractivity contribution in [2.45, 2.75) is 19.4 Å². The van der Waals surface area contributed by atoms with Crippen LogP contribution in [-0.2, 0) is 6.42 Å². The van der Waals surface area contributed by atoms with Crippen molar-refractivity contribution in [3.05, 3.63) is 77.4 Å². The molecule has 0 amide bonds. The Labute approximate surface area is 130 Å². The fraction of sp³-hybridized carbons (Fsp3) is 0.211. The molecule has 1 aliphatic rings. The molecule has 22 heavy (non-hydrogen) atoms. The molecule has 1 atom stereocenters. The van der Waals surface area contributed by atoms with E-state index in [1.807, 2.05) is 0 Å². The summed E-state index contributed by atoms with van der Waals surface area (Å²) in [7, 11) is 0. The second-order valence-electron chi connectivity index (χ2n) is 5.84. The Morgan fingerprint density at radius 3 is 2.91 bits per heavy atom. The minimum Gasteiger partial charge on any atom is -0.348 e. The van der Waals surface area contributed by atoms with Crippen LogP contribution in [0.25, 0.3) is 11.1 Å². The van der Waals surface area contributed by atoms with Gasteiger partial charge in [0.2, 0.25) is 0 Å². The topological polar surface area (TPSA) is 40.7 Å². The molecule has 2 heterocycles. The average Bonchev–Trinajstić information content (AvgIpc) is 3.04. The van der Waals surface area contributed by atoms with Crippen molar-refractivity contribution in [1.29, 1.82) is 0 Å². The molecule has 0 saturated carbocycles. The molecule has 0 unspecified atom stereocenters. The molecule has 0 spiro atoms. The van der Waals surface area contributed by atoms with E-state index in [0.29, 0.717) is 0 Å². The quantitative estimate of drug-likeness (QED) is 0.756. The van der Waals surface area contributed by atoms with Crippen molar-refractivity contribution in [3.63, 3.8) is 0 Å². The third-order valence-corrected chi connectivity index (χ3v) is 4.42. The Morgan fingerprint density at radius 1 is 1.09 bits per heavy atom. The first-order valence-corrected chi connectivity index (χ1v) is 7.74. The largest absolute Gasteiger partial charge is 0.348 e. The molecular weight excluding hydrogens is 270 g/mol. The van der Waals surface area contributed by atoms with Crippen LogP contribution in [-0.4, -0.2) is 16.5 Å². The van der Waals surface area contributed by atoms with Crippen molar-refractivity contribution in [2.24, 2.45) is 0 Å². The highest BCUT2D eigenvalue weighted by Gasteiger charge is 2.23. The molecule has 0 saturated heterocycles. The van der Waals surface area contributed by atoms with Gasteiger partial charge in [0.25, 0.3) is 0 Å². The monoisotopic (exact) mass is 289 g/mol. The number of hydrogen-bond acceptors (Lipinski definition) is 2. The predicted molar refractivity (Wildman–Crippen MR) is 88.8 cm³/mol. The summed E-state index contributed by atoms with van der Waals surface area (Å²) in [6.45, 7) is 3.14. The van der Waals surface area contributed by atoms with Crippen LogP contribution in [0.1, 0.15) is 28.6 Å². The zero-order valence-corrected chi connectivity index (χ0v) is 12.6. The summed E-state index contributed by atoms with van der Waals surface area (Å²) in [5.74, 6) is 0. The number of aromatic amines is 1. The van der Waals surface area contributed by atoms with E-state index in [9.17, 15) is 0 Å². The summed E-state index contributed by atoms with van der Waals surface area (Å²) >= 11 is 0. The van der Waals surface area contributed by atoms with Crippen molar-refractivity contribution >= 4 is 0 Å². The smallest absolute Gasteiger partial charge is 0.0926 e. The second kappa shape index (κ2) is 5.43. The number of nitrogens with zero attached hydrogens (tertiary/aromatic N) is 1. The van der Waals surface area contributed by atoms with Crippen LogP contribution in [0.15, 0.2) is 54.9 Å². The Kier molecular flexibility index (Phi) is 3.28. The Balaban J connectivity index is 1.77. The van der Waals surface area contributed by atoms with Gasteiger partial charge in [0.15, 0.2) is 0 Å². The lowest BCUT2D eigenvalue weighted by Crippen LogP contribution is -2.30. The number of rotatable bonds is 2. The molecule has 1 aromatic heterocycles. The predicted octanol–water partition coefficient (Wildman–Crippen LogP) is 3.62. The van der Waals surface area contributed by atoms with Gasteiger partial charge in [0.1, 0.15) is 0 Å². The van der Waals surface area contributed by atoms with Crippen LogP contribution in [0.2, 0.25) is 0 Å². The SMILES string of the molecule is Cc1ccccc1-c1cccc([C@@H]2NCCc3[nH]cnc32)c1. The molecule has 0 bridgehead atoms. The lowest BCUT2D eigenvalue weighted by atomic mass is 9.93. The van der Waals surface area contributed by atoms with Crippen molar-refractivity contribution in [2.75, 3.05) is 6.54 Å². The van der Waals surface area contributed by atoms with Crippen LogP contribution in [0.5, 0.6) is 0 Å². The first-order valence-electron chi connectivity index (χ1n) is 7.74. The van der Waals surface area contributed by atoms with Gasteiger partial charge < -0.3 is 10.3 Å². The van der Waals surface area contributed by atoms with Crippen molar-refractivity contribution < 1.29 is 0 Å². The summed E-state index contributed by atoms with van der Waals surface area (Å²) in [5.41, 5.74) is 7.52. The molecule has 0 radical (unpaired) electrons. The van der Waals surface area contributed by atoms with Crippen LogP contribution < -0.4 is 5.32 Å². The molecule has 1 aliphatic heterocycles. The van der Waals surface area contributed by atoms with Crippen LogP contribution >= 0.6 is 0 Å². The first kappa shape index (κ1) is 13.3. The maximum Gasteiger partial charge on any atom is 0.0926 e. The number of aryl methyl sites for hydroxylation is 1. The molecule has 3 aromatic rings. The molecule has 3 nitrogen and oxygen atoms in total. The Bertz CT molecular complexity index is 804. The Hall–Kier alpha value is -2.39. The maximum atomic E-state index is 4.52. The van der Waals surface area contributed by atoms with Crippen LogP contribution in [0, 0.1) is 6.92 Å². The van der Waals surface area contributed by atoms with E-state index in [-0.39, 0.29) is 6.04 Å². The van der Waals surface area contributed by atoms with Crippen LogP contribution in [0.4, 0.5) is 0 Å². The molecule has 110 valence electrons. The van der Waals surface area contributed by atoms with E-state index in [2.05, 4.69) is 70.7 Å². The fourth-order valence-corrected chi connectivity index (χ4v) is 3.28. The number of hydrogen-bond donors (Lipinski definition) is 2. The Morgan fingerprint density at radius 2 is 2.00 bits per heavy atom. The molecule has 4 rings (SSSR count). The summed E-state index contributed by atoms with van der Waals surface area (Å²) in [5, 5.41) is 3.59. The van der Waals surface area contributed by atoms with E-state index in [1.54, 1.807) is 6.33 Å². The van der Waals surface area contributed by atoms with Gasteiger partial charge in [0.05, 0.1) is 18.1 Å². The van der Waals surface area contributed by atoms with E-state index in [0.717, 1.165) is 18.7 Å². The third-order valence-electron chi connectivity index (χ3n) is 4.42. The van der Waals surface area contributed by atoms with Gasteiger partial charge >= 0.3 is 0 Å². The lowest BCUT2D eigenvalue weighted by molar-refractivity contribution is 0.553. The molecule has 3 heteroatoms.